The number of esters is 1. The molecule has 0 spiro atoms. The van der Waals surface area contributed by atoms with Crippen LogP contribution < -0.4 is 19.5 Å². The van der Waals surface area contributed by atoms with Crippen LogP contribution in [0.1, 0.15) is 53.6 Å². The van der Waals surface area contributed by atoms with E-state index in [1.54, 1.807) is 57.5 Å². The van der Waals surface area contributed by atoms with Gasteiger partial charge in [0.2, 0.25) is 5.16 Å². The fraction of sp³-hybridized carbons (Fsp3) is 0.412. The number of carbonyl (C=O) groups excluding carboxylic acids is 2. The molecule has 0 radical (unpaired) electrons. The van der Waals surface area contributed by atoms with Gasteiger partial charge < -0.3 is 24.3 Å². The summed E-state index contributed by atoms with van der Waals surface area (Å²) >= 11 is 0. The number of nitrogens with one attached hydrogen (secondary N) is 1. The van der Waals surface area contributed by atoms with E-state index in [0.29, 0.717) is 71.0 Å². The number of aryl methyl sites for hydroxylation is 3. The normalized spacial score (nSPS) is 12.1. The highest BCUT2D eigenvalue weighted by Crippen LogP contribution is 2.34. The van der Waals surface area contributed by atoms with Crippen LogP contribution in [0.15, 0.2) is 46.6 Å². The first-order valence-corrected chi connectivity index (χ1v) is 18.3. The lowest BCUT2D eigenvalue weighted by atomic mass is 10.1. The maximum atomic E-state index is 14.5. The number of nitrogens with zero attached hydrogens (tertiary/aromatic N) is 3. The van der Waals surface area contributed by atoms with Gasteiger partial charge in [-0.1, -0.05) is 6.42 Å². The highest BCUT2D eigenvalue weighted by molar-refractivity contribution is 7.91. The number of benzene rings is 2. The largest absolute Gasteiger partial charge is 0.497 e. The molecule has 2 aromatic heterocycles. The number of hydrogen-bond acceptors (Lipinski definition) is 11. The number of aromatic nitrogens is 3. The molecule has 13 nitrogen and oxygen atoms in total. The van der Waals surface area contributed by atoms with Crippen LogP contribution in [0.2, 0.25) is 0 Å². The van der Waals surface area contributed by atoms with Crippen LogP contribution in [-0.4, -0.2) is 72.9 Å². The Morgan fingerprint density at radius 3 is 2.29 bits per heavy atom. The fourth-order valence-corrected chi connectivity index (χ4v) is 8.97. The summed E-state index contributed by atoms with van der Waals surface area (Å²) in [4.78, 5) is 32.5. The van der Waals surface area contributed by atoms with Crippen molar-refractivity contribution in [1.82, 2.24) is 19.3 Å². The van der Waals surface area contributed by atoms with Crippen LogP contribution >= 0.6 is 0 Å². The van der Waals surface area contributed by atoms with Crippen molar-refractivity contribution in [3.63, 3.8) is 0 Å². The second kappa shape index (κ2) is 16.3. The van der Waals surface area contributed by atoms with E-state index < -0.39 is 20.8 Å². The van der Waals surface area contributed by atoms with Crippen molar-refractivity contribution in [1.29, 1.82) is 0 Å². The quantitative estimate of drug-likeness (QED) is 0.129. The second-order valence-electron chi connectivity index (χ2n) is 11.5. The predicted octanol–water partition coefficient (Wildman–Crippen LogP) is 4.46. The van der Waals surface area contributed by atoms with Crippen LogP contribution in [0.25, 0.3) is 11.0 Å². The number of fused-ring (bicyclic) bond motifs is 1. The molecule has 0 bridgehead atoms. The van der Waals surface area contributed by atoms with Crippen LogP contribution in [0.5, 0.6) is 17.2 Å². The minimum absolute atomic E-state index is 0.0112. The molecule has 49 heavy (non-hydrogen) atoms. The third-order valence-corrected chi connectivity index (χ3v) is 11.3. The molecule has 0 fully saturated rings. The lowest BCUT2D eigenvalue weighted by Gasteiger charge is -2.17. The van der Waals surface area contributed by atoms with E-state index in [1.165, 1.54) is 14.2 Å². The number of ether oxygens (including phenoxy) is 4. The number of carbonyl (C=O) groups is 2. The summed E-state index contributed by atoms with van der Waals surface area (Å²) in [7, 11) is -1.97. The summed E-state index contributed by atoms with van der Waals surface area (Å²) in [5.41, 5.74) is 3.27. The van der Waals surface area contributed by atoms with Crippen LogP contribution in [-0.2, 0) is 40.9 Å². The first-order chi connectivity index (χ1) is 23.3. The van der Waals surface area contributed by atoms with Crippen LogP contribution in [0.3, 0.4) is 0 Å². The van der Waals surface area contributed by atoms with E-state index in [2.05, 4.69) is 20.0 Å². The average Bonchev–Trinajstić information content (AvgIpc) is 3.46. The molecule has 1 N–H and O–H groups in total. The van der Waals surface area contributed by atoms with Gasteiger partial charge in [-0.25, -0.2) is 17.4 Å². The summed E-state index contributed by atoms with van der Waals surface area (Å²) in [6.07, 6.45) is 4.09. The number of unbranched alkanes of at least 4 members (excludes halogenated alkanes) is 2. The third-order valence-electron chi connectivity index (χ3n) is 7.92. The molecule has 2 heterocycles. The van der Waals surface area contributed by atoms with Crippen molar-refractivity contribution in [2.75, 3.05) is 34.5 Å². The van der Waals surface area contributed by atoms with E-state index in [-0.39, 0.29) is 39.8 Å². The van der Waals surface area contributed by atoms with E-state index in [0.717, 1.165) is 16.0 Å². The second-order valence-corrected chi connectivity index (χ2v) is 14.5. The molecule has 264 valence electrons. The summed E-state index contributed by atoms with van der Waals surface area (Å²) in [6, 6.07) is 7.89. The van der Waals surface area contributed by atoms with Gasteiger partial charge in [-0.2, -0.15) is 0 Å². The van der Waals surface area contributed by atoms with Gasteiger partial charge in [-0.05, 0) is 75.9 Å². The number of pyridine rings is 1. The van der Waals surface area contributed by atoms with Crippen molar-refractivity contribution < 1.29 is 41.2 Å². The molecule has 0 aliphatic rings. The molecule has 0 saturated carbocycles. The maximum absolute atomic E-state index is 14.5. The standard InChI is InChI=1S/C34H42N4O9S2/c1-21-15-26(47-19-30(39)35-14-10-8-9-11-31(40)45-6)16-22(2)33(21)49(42,43)38-29-17-25(44-5)12-13-27(29)37-34(38)48(41)20-28-24(4)32(46-7)23(3)18-36-28/h12-13,15-18H,8-11,14,19-20H2,1-7H3,(H,35,39). The Kier molecular flexibility index (Phi) is 12.4. The zero-order valence-corrected chi connectivity index (χ0v) is 30.4. The van der Waals surface area contributed by atoms with Gasteiger partial charge in [0.1, 0.15) is 17.2 Å². The topological polar surface area (TPSA) is 165 Å². The Labute approximate surface area is 288 Å². The number of rotatable bonds is 16. The number of methoxy groups -OCH3 is 3. The summed E-state index contributed by atoms with van der Waals surface area (Å²) in [5.74, 6) is 0.645. The van der Waals surface area contributed by atoms with E-state index in [9.17, 15) is 22.2 Å². The SMILES string of the molecule is COC(=O)CCCCCNC(=O)COc1cc(C)c(S(=O)(=O)n2c(S(=O)Cc3ncc(C)c(OC)c3C)nc3ccc(OC)cc32)c(C)c1. The lowest BCUT2D eigenvalue weighted by molar-refractivity contribution is -0.140. The first-order valence-electron chi connectivity index (χ1n) is 15.6. The highest BCUT2D eigenvalue weighted by atomic mass is 32.2. The zero-order valence-electron chi connectivity index (χ0n) is 28.7. The van der Waals surface area contributed by atoms with Crippen molar-refractivity contribution in [3.05, 3.63) is 64.5 Å². The van der Waals surface area contributed by atoms with Gasteiger partial charge in [-0.3, -0.25) is 18.8 Å². The van der Waals surface area contributed by atoms with Crippen molar-refractivity contribution in [2.24, 2.45) is 0 Å². The Balaban J connectivity index is 1.60. The maximum Gasteiger partial charge on any atom is 0.305 e. The molecule has 2 aromatic carbocycles. The molecule has 0 saturated heterocycles. The zero-order chi connectivity index (χ0) is 35.9. The highest BCUT2D eigenvalue weighted by Gasteiger charge is 2.31. The Morgan fingerprint density at radius 2 is 1.63 bits per heavy atom. The summed E-state index contributed by atoms with van der Waals surface area (Å²) in [6.45, 7) is 7.09. The molecule has 0 aliphatic carbocycles. The third kappa shape index (κ3) is 8.57. The number of imidazole rings is 1. The Hall–Kier alpha value is -4.50. The Bertz CT molecular complexity index is 1970. The van der Waals surface area contributed by atoms with Crippen molar-refractivity contribution in [3.8, 4) is 17.2 Å². The minimum atomic E-state index is -4.38. The van der Waals surface area contributed by atoms with E-state index in [4.69, 9.17) is 14.2 Å². The van der Waals surface area contributed by atoms with Gasteiger partial charge in [0, 0.05) is 36.4 Å². The smallest absolute Gasteiger partial charge is 0.305 e. The van der Waals surface area contributed by atoms with Crippen LogP contribution in [0, 0.1) is 27.7 Å². The van der Waals surface area contributed by atoms with Gasteiger partial charge in [0.25, 0.3) is 15.9 Å². The monoisotopic (exact) mass is 714 g/mol. The molecule has 15 heteroatoms. The van der Waals surface area contributed by atoms with Gasteiger partial charge >= 0.3 is 5.97 Å². The summed E-state index contributed by atoms with van der Waals surface area (Å²) < 4.78 is 65.3. The molecule has 0 aliphatic heterocycles. The Morgan fingerprint density at radius 1 is 0.918 bits per heavy atom. The average molecular weight is 715 g/mol. The molecule has 4 rings (SSSR count). The fourth-order valence-electron chi connectivity index (χ4n) is 5.51. The lowest BCUT2D eigenvalue weighted by Crippen LogP contribution is -2.29. The molecular weight excluding hydrogens is 673 g/mol. The molecule has 1 unspecified atom stereocenters. The molecule has 1 amide bonds. The summed E-state index contributed by atoms with van der Waals surface area (Å²) in [5, 5.41) is 2.61. The van der Waals surface area contributed by atoms with Gasteiger partial charge in [0.05, 0.1) is 59.5 Å². The van der Waals surface area contributed by atoms with Gasteiger partial charge in [-0.15, -0.1) is 0 Å². The van der Waals surface area contributed by atoms with Crippen LogP contribution in [0.4, 0.5) is 0 Å². The minimum Gasteiger partial charge on any atom is -0.497 e. The number of amides is 1. The van der Waals surface area contributed by atoms with Crippen molar-refractivity contribution in [2.45, 2.75) is 69.2 Å². The molecular formula is C34H42N4O9S2. The van der Waals surface area contributed by atoms with E-state index in [1.807, 2.05) is 13.8 Å². The molecule has 1 atom stereocenters. The first kappa shape index (κ1) is 37.3. The predicted molar refractivity (Wildman–Crippen MR) is 184 cm³/mol. The van der Waals surface area contributed by atoms with E-state index >= 15 is 0 Å². The molecule has 4 aromatic rings. The number of hydrogen-bond donors (Lipinski definition) is 1. The van der Waals surface area contributed by atoms with Gasteiger partial charge in [0.15, 0.2) is 6.61 Å². The van der Waals surface area contributed by atoms with Crippen molar-refractivity contribution >= 4 is 43.7 Å².